The number of alkyl halides is 3. The lowest BCUT2D eigenvalue weighted by atomic mass is 9.94. The molecule has 1 amide bonds. The van der Waals surface area contributed by atoms with Crippen LogP contribution in [0.4, 0.5) is 19.0 Å². The summed E-state index contributed by atoms with van der Waals surface area (Å²) in [5.41, 5.74) is 0.142. The van der Waals surface area contributed by atoms with Crippen molar-refractivity contribution in [1.29, 1.82) is 0 Å². The van der Waals surface area contributed by atoms with Crippen LogP contribution in [0.2, 0.25) is 5.02 Å². The Morgan fingerprint density at radius 2 is 1.76 bits per heavy atom. The van der Waals surface area contributed by atoms with E-state index in [4.69, 9.17) is 21.1 Å². The summed E-state index contributed by atoms with van der Waals surface area (Å²) >= 11 is 6.11. The van der Waals surface area contributed by atoms with Crippen molar-refractivity contribution in [2.24, 2.45) is 5.92 Å². The lowest BCUT2D eigenvalue weighted by Gasteiger charge is -2.36. The number of hydrogen-bond acceptors (Lipinski definition) is 5. The minimum atomic E-state index is -4.49. The molecular formula is C24H27ClF3N3O3. The molecule has 0 aliphatic carbocycles. The van der Waals surface area contributed by atoms with Gasteiger partial charge in [0.1, 0.15) is 5.82 Å². The Hall–Kier alpha value is -2.68. The molecule has 0 N–H and O–H groups in total. The summed E-state index contributed by atoms with van der Waals surface area (Å²) in [7, 11) is 3.17. The number of methoxy groups -OCH3 is 2. The monoisotopic (exact) mass is 497 g/mol. The molecule has 10 heteroatoms. The first-order valence-electron chi connectivity index (χ1n) is 11.2. The first-order valence-corrected chi connectivity index (χ1v) is 11.6. The molecular weight excluding hydrogens is 471 g/mol. The molecule has 2 saturated heterocycles. The number of piperidine rings is 1. The number of amides is 1. The number of hydrogen-bond donors (Lipinski definition) is 0. The van der Waals surface area contributed by atoms with Crippen molar-refractivity contribution in [3.63, 3.8) is 0 Å². The zero-order valence-electron chi connectivity index (χ0n) is 19.1. The van der Waals surface area contributed by atoms with Crippen LogP contribution in [0.5, 0.6) is 11.5 Å². The van der Waals surface area contributed by atoms with Crippen molar-refractivity contribution >= 4 is 23.3 Å². The maximum absolute atomic E-state index is 13.4. The molecule has 0 unspecified atom stereocenters. The van der Waals surface area contributed by atoms with Gasteiger partial charge in [-0.1, -0.05) is 17.7 Å². The van der Waals surface area contributed by atoms with Gasteiger partial charge < -0.3 is 19.3 Å². The molecule has 0 spiro atoms. The van der Waals surface area contributed by atoms with Crippen molar-refractivity contribution in [2.75, 3.05) is 38.8 Å². The highest BCUT2D eigenvalue weighted by molar-refractivity contribution is 6.33. The van der Waals surface area contributed by atoms with Crippen LogP contribution in [0.15, 0.2) is 30.5 Å². The standard InChI is InChI=1S/C24H27ClF3N3O3/c1-33-20-6-5-16(12-21(20)34-2)19-4-3-9-31(19)23(32)15-7-10-30(11-8-15)22-18(25)13-17(14-29-22)24(26,27)28/h5-6,12-15,19H,3-4,7-11H2,1-2H3/t19-/m0/s1. The molecule has 2 aliphatic heterocycles. The first-order chi connectivity index (χ1) is 16.2. The molecule has 0 radical (unpaired) electrons. The van der Waals surface area contributed by atoms with E-state index in [9.17, 15) is 18.0 Å². The van der Waals surface area contributed by atoms with Crippen LogP contribution < -0.4 is 14.4 Å². The average Bonchev–Trinajstić information content (AvgIpc) is 3.32. The van der Waals surface area contributed by atoms with Crippen molar-refractivity contribution in [3.8, 4) is 11.5 Å². The second kappa shape index (κ2) is 9.90. The van der Waals surface area contributed by atoms with E-state index in [1.54, 1.807) is 14.2 Å². The Balaban J connectivity index is 1.42. The maximum atomic E-state index is 13.4. The fourth-order valence-corrected chi connectivity index (χ4v) is 5.11. The van der Waals surface area contributed by atoms with E-state index in [1.807, 2.05) is 28.0 Å². The SMILES string of the molecule is COc1ccc([C@@H]2CCCN2C(=O)C2CCN(c3ncc(C(F)(F)F)cc3Cl)CC2)cc1OC. The molecule has 184 valence electrons. The van der Waals surface area contributed by atoms with E-state index in [2.05, 4.69) is 4.98 Å². The summed E-state index contributed by atoms with van der Waals surface area (Å²) in [5, 5.41) is -0.0346. The highest BCUT2D eigenvalue weighted by Crippen LogP contribution is 2.39. The number of carbonyl (C=O) groups is 1. The highest BCUT2D eigenvalue weighted by atomic mass is 35.5. The number of nitrogens with zero attached hydrogens (tertiary/aromatic N) is 3. The number of benzene rings is 1. The summed E-state index contributed by atoms with van der Waals surface area (Å²) in [6, 6.07) is 6.64. The van der Waals surface area contributed by atoms with Gasteiger partial charge in [-0.15, -0.1) is 0 Å². The topological polar surface area (TPSA) is 54.9 Å². The average molecular weight is 498 g/mol. The van der Waals surface area contributed by atoms with Crippen molar-refractivity contribution < 1.29 is 27.4 Å². The number of halogens is 4. The quantitative estimate of drug-likeness (QED) is 0.557. The van der Waals surface area contributed by atoms with Gasteiger partial charge in [0.25, 0.3) is 0 Å². The van der Waals surface area contributed by atoms with Crippen molar-refractivity contribution in [2.45, 2.75) is 37.9 Å². The summed E-state index contributed by atoms with van der Waals surface area (Å²) in [4.78, 5) is 21.2. The number of carbonyl (C=O) groups excluding carboxylic acids is 1. The van der Waals surface area contributed by atoms with Crippen LogP contribution >= 0.6 is 11.6 Å². The molecule has 2 aromatic rings. The van der Waals surface area contributed by atoms with Gasteiger partial charge in [-0.25, -0.2) is 4.98 Å². The van der Waals surface area contributed by atoms with Crippen molar-refractivity contribution in [3.05, 3.63) is 46.6 Å². The molecule has 2 aliphatic rings. The maximum Gasteiger partial charge on any atom is 0.417 e. The van der Waals surface area contributed by atoms with Gasteiger partial charge >= 0.3 is 6.18 Å². The van der Waals surface area contributed by atoms with Crippen LogP contribution in [0.25, 0.3) is 0 Å². The lowest BCUT2D eigenvalue weighted by molar-refractivity contribution is -0.138. The van der Waals surface area contributed by atoms with Gasteiger partial charge in [-0.2, -0.15) is 13.2 Å². The smallest absolute Gasteiger partial charge is 0.417 e. The molecule has 1 aromatic heterocycles. The second-order valence-electron chi connectivity index (χ2n) is 8.59. The molecule has 2 fully saturated rings. The second-order valence-corrected chi connectivity index (χ2v) is 9.00. The number of anilines is 1. The molecule has 6 nitrogen and oxygen atoms in total. The fourth-order valence-electron chi connectivity index (χ4n) is 4.83. The largest absolute Gasteiger partial charge is 0.493 e. The fraction of sp³-hybridized carbons (Fsp3) is 0.500. The zero-order valence-corrected chi connectivity index (χ0v) is 19.8. The zero-order chi connectivity index (χ0) is 24.5. The lowest BCUT2D eigenvalue weighted by Crippen LogP contribution is -2.42. The Morgan fingerprint density at radius 3 is 2.38 bits per heavy atom. The van der Waals surface area contributed by atoms with E-state index in [1.165, 1.54) is 0 Å². The number of pyridine rings is 1. The minimum absolute atomic E-state index is 0.0173. The third kappa shape index (κ3) is 4.89. The summed E-state index contributed by atoms with van der Waals surface area (Å²) in [6.45, 7) is 1.71. The summed E-state index contributed by atoms with van der Waals surface area (Å²) in [5.74, 6) is 1.57. The van der Waals surface area contributed by atoms with Gasteiger partial charge in [0.05, 0.1) is 30.8 Å². The number of aromatic nitrogens is 1. The summed E-state index contributed by atoms with van der Waals surface area (Å²) in [6.07, 6.45) is -0.703. The van der Waals surface area contributed by atoms with E-state index in [0.717, 1.165) is 30.7 Å². The molecule has 3 heterocycles. The number of rotatable bonds is 5. The van der Waals surface area contributed by atoms with E-state index >= 15 is 0 Å². The van der Waals surface area contributed by atoms with Crippen LogP contribution in [0.1, 0.15) is 42.9 Å². The van der Waals surface area contributed by atoms with Gasteiger partial charge in [0, 0.05) is 31.7 Å². The van der Waals surface area contributed by atoms with Gasteiger partial charge in [0.2, 0.25) is 5.91 Å². The Bertz CT molecular complexity index is 1040. The summed E-state index contributed by atoms with van der Waals surface area (Å²) < 4.78 is 49.4. The Kier molecular flexibility index (Phi) is 7.12. The third-order valence-corrected chi connectivity index (χ3v) is 6.90. The molecule has 1 aromatic carbocycles. The predicted molar refractivity (Wildman–Crippen MR) is 122 cm³/mol. The molecule has 0 saturated carbocycles. The highest BCUT2D eigenvalue weighted by Gasteiger charge is 2.37. The normalized spacial score (nSPS) is 19.4. The van der Waals surface area contributed by atoms with Crippen molar-refractivity contribution in [1.82, 2.24) is 9.88 Å². The number of ether oxygens (including phenoxy) is 2. The van der Waals surface area contributed by atoms with Gasteiger partial charge in [-0.3, -0.25) is 4.79 Å². The van der Waals surface area contributed by atoms with Crippen LogP contribution in [-0.2, 0) is 11.0 Å². The molecule has 1 atom stereocenters. The first kappa shape index (κ1) is 24.4. The van der Waals surface area contributed by atoms with Gasteiger partial charge in [0.15, 0.2) is 11.5 Å². The van der Waals surface area contributed by atoms with Crippen LogP contribution in [0, 0.1) is 5.92 Å². The van der Waals surface area contributed by atoms with Gasteiger partial charge in [-0.05, 0) is 49.4 Å². The van der Waals surface area contributed by atoms with E-state index < -0.39 is 11.7 Å². The van der Waals surface area contributed by atoms with E-state index in [-0.39, 0.29) is 22.9 Å². The molecule has 0 bridgehead atoms. The molecule has 4 rings (SSSR count). The Labute approximate surface area is 201 Å². The molecule has 34 heavy (non-hydrogen) atoms. The third-order valence-electron chi connectivity index (χ3n) is 6.62. The Morgan fingerprint density at radius 1 is 1.06 bits per heavy atom. The van der Waals surface area contributed by atoms with E-state index in [0.29, 0.717) is 49.8 Å². The van der Waals surface area contributed by atoms with Crippen LogP contribution in [0.3, 0.4) is 0 Å². The minimum Gasteiger partial charge on any atom is -0.493 e. The predicted octanol–water partition coefficient (Wildman–Crippen LogP) is 5.35. The number of likely N-dealkylation sites (tertiary alicyclic amines) is 1. The van der Waals surface area contributed by atoms with Crippen LogP contribution in [-0.4, -0.2) is 49.6 Å².